The van der Waals surface area contributed by atoms with Gasteiger partial charge in [0.05, 0.1) is 22.8 Å². The second-order valence-electron chi connectivity index (χ2n) is 4.54. The van der Waals surface area contributed by atoms with Crippen LogP contribution in [0.25, 0.3) is 0 Å². The Balaban J connectivity index is 2.28. The van der Waals surface area contributed by atoms with Crippen molar-refractivity contribution in [3.05, 3.63) is 23.8 Å². The average Bonchev–Trinajstić information content (AvgIpc) is 2.27. The number of hydrogen-bond acceptors (Lipinski definition) is 5. The Morgan fingerprint density at radius 2 is 2.22 bits per heavy atom. The maximum atomic E-state index is 11.5. The standard InChI is InChI=1S/C12H15N3O2S/c1-9-8-18(16,17)5-4-15(9)11-3-2-10(7-13)12(14)6-11/h2-3,6,9H,4-5,8,14H2,1H3. The van der Waals surface area contributed by atoms with Crippen molar-refractivity contribution >= 4 is 21.2 Å². The molecule has 96 valence electrons. The first-order valence-corrected chi connectivity index (χ1v) is 7.52. The van der Waals surface area contributed by atoms with Gasteiger partial charge in [-0.15, -0.1) is 0 Å². The summed E-state index contributed by atoms with van der Waals surface area (Å²) in [6.07, 6.45) is 0. The number of rotatable bonds is 1. The highest BCUT2D eigenvalue weighted by Gasteiger charge is 2.28. The van der Waals surface area contributed by atoms with Gasteiger partial charge < -0.3 is 10.6 Å². The van der Waals surface area contributed by atoms with Crippen molar-refractivity contribution in [2.45, 2.75) is 13.0 Å². The maximum Gasteiger partial charge on any atom is 0.154 e. The molecule has 6 heteroatoms. The zero-order valence-corrected chi connectivity index (χ0v) is 10.9. The van der Waals surface area contributed by atoms with Crippen LogP contribution in [0.1, 0.15) is 12.5 Å². The van der Waals surface area contributed by atoms with E-state index in [1.54, 1.807) is 12.1 Å². The van der Waals surface area contributed by atoms with Gasteiger partial charge in [-0.05, 0) is 25.1 Å². The number of benzene rings is 1. The highest BCUT2D eigenvalue weighted by atomic mass is 32.2. The largest absolute Gasteiger partial charge is 0.398 e. The molecule has 1 fully saturated rings. The second-order valence-corrected chi connectivity index (χ2v) is 6.77. The Morgan fingerprint density at radius 3 is 2.78 bits per heavy atom. The molecule has 1 unspecified atom stereocenters. The van der Waals surface area contributed by atoms with E-state index >= 15 is 0 Å². The topological polar surface area (TPSA) is 87.2 Å². The van der Waals surface area contributed by atoms with Crippen molar-refractivity contribution in [3.8, 4) is 6.07 Å². The molecule has 0 spiro atoms. The van der Waals surface area contributed by atoms with E-state index in [0.29, 0.717) is 17.8 Å². The smallest absolute Gasteiger partial charge is 0.154 e. The summed E-state index contributed by atoms with van der Waals surface area (Å²) >= 11 is 0. The lowest BCUT2D eigenvalue weighted by molar-refractivity contribution is 0.568. The highest BCUT2D eigenvalue weighted by Crippen LogP contribution is 2.25. The highest BCUT2D eigenvalue weighted by molar-refractivity contribution is 7.91. The minimum atomic E-state index is -2.92. The molecule has 0 aliphatic carbocycles. The summed E-state index contributed by atoms with van der Waals surface area (Å²) in [5.41, 5.74) is 7.51. The molecule has 5 nitrogen and oxygen atoms in total. The van der Waals surface area contributed by atoms with Gasteiger partial charge in [-0.2, -0.15) is 5.26 Å². The third kappa shape index (κ3) is 2.41. The van der Waals surface area contributed by atoms with Crippen molar-refractivity contribution in [1.29, 1.82) is 5.26 Å². The third-order valence-electron chi connectivity index (χ3n) is 3.16. The van der Waals surface area contributed by atoms with Crippen molar-refractivity contribution in [2.24, 2.45) is 0 Å². The van der Waals surface area contributed by atoms with E-state index in [9.17, 15) is 8.42 Å². The lowest BCUT2D eigenvalue weighted by atomic mass is 10.1. The molecule has 0 bridgehead atoms. The van der Waals surface area contributed by atoms with Gasteiger partial charge in [-0.25, -0.2) is 8.42 Å². The van der Waals surface area contributed by atoms with Crippen LogP contribution in [0.5, 0.6) is 0 Å². The Hall–Kier alpha value is -1.74. The zero-order chi connectivity index (χ0) is 13.3. The lowest BCUT2D eigenvalue weighted by Gasteiger charge is -2.35. The van der Waals surface area contributed by atoms with Crippen molar-refractivity contribution in [2.75, 3.05) is 28.7 Å². The van der Waals surface area contributed by atoms with Crippen LogP contribution in [0.15, 0.2) is 18.2 Å². The van der Waals surface area contributed by atoms with Crippen LogP contribution in [0.2, 0.25) is 0 Å². The number of sulfone groups is 1. The van der Waals surface area contributed by atoms with Gasteiger partial charge in [0.2, 0.25) is 0 Å². The zero-order valence-electron chi connectivity index (χ0n) is 10.1. The van der Waals surface area contributed by atoms with E-state index in [-0.39, 0.29) is 17.5 Å². The van der Waals surface area contributed by atoms with Gasteiger partial charge in [-0.3, -0.25) is 0 Å². The fraction of sp³-hybridized carbons (Fsp3) is 0.417. The van der Waals surface area contributed by atoms with Crippen LogP contribution in [-0.2, 0) is 9.84 Å². The van der Waals surface area contributed by atoms with E-state index in [1.807, 2.05) is 24.0 Å². The van der Waals surface area contributed by atoms with Crippen LogP contribution in [0.4, 0.5) is 11.4 Å². The number of nitrogens with two attached hydrogens (primary N) is 1. The third-order valence-corrected chi connectivity index (χ3v) is 4.95. The molecule has 2 N–H and O–H groups in total. The quantitative estimate of drug-likeness (QED) is 0.758. The number of nitrogen functional groups attached to an aromatic ring is 1. The molecule has 2 rings (SSSR count). The first-order valence-electron chi connectivity index (χ1n) is 5.69. The second kappa shape index (κ2) is 4.50. The van der Waals surface area contributed by atoms with Crippen LogP contribution in [0.3, 0.4) is 0 Å². The van der Waals surface area contributed by atoms with E-state index < -0.39 is 9.84 Å². The molecule has 1 aromatic carbocycles. The molecular weight excluding hydrogens is 250 g/mol. The Labute approximate surface area is 107 Å². The molecule has 1 aliphatic heterocycles. The molecule has 0 radical (unpaired) electrons. The van der Waals surface area contributed by atoms with Crippen molar-refractivity contribution < 1.29 is 8.42 Å². The summed E-state index contributed by atoms with van der Waals surface area (Å²) in [7, 11) is -2.92. The summed E-state index contributed by atoms with van der Waals surface area (Å²) in [4.78, 5) is 2.01. The predicted molar refractivity (Wildman–Crippen MR) is 71.0 cm³/mol. The normalized spacial score (nSPS) is 22.4. The van der Waals surface area contributed by atoms with Crippen LogP contribution in [0, 0.1) is 11.3 Å². The first-order chi connectivity index (χ1) is 8.43. The van der Waals surface area contributed by atoms with Crippen molar-refractivity contribution in [1.82, 2.24) is 0 Å². The van der Waals surface area contributed by atoms with Gasteiger partial charge in [0, 0.05) is 18.3 Å². The fourth-order valence-corrected chi connectivity index (χ4v) is 3.77. The Morgan fingerprint density at radius 1 is 1.50 bits per heavy atom. The monoisotopic (exact) mass is 265 g/mol. The number of hydrogen-bond donors (Lipinski definition) is 1. The summed E-state index contributed by atoms with van der Waals surface area (Å²) in [6.45, 7) is 2.35. The predicted octanol–water partition coefficient (Wildman–Crippen LogP) is 0.764. The van der Waals surface area contributed by atoms with Crippen LogP contribution in [-0.4, -0.2) is 32.5 Å². The molecule has 1 heterocycles. The van der Waals surface area contributed by atoms with Gasteiger partial charge >= 0.3 is 0 Å². The lowest BCUT2D eigenvalue weighted by Crippen LogP contribution is -2.47. The first kappa shape index (κ1) is 12.7. The summed E-state index contributed by atoms with van der Waals surface area (Å²) < 4.78 is 23.0. The average molecular weight is 265 g/mol. The van der Waals surface area contributed by atoms with Gasteiger partial charge in [0.1, 0.15) is 6.07 Å². The molecule has 0 amide bonds. The van der Waals surface area contributed by atoms with Crippen LogP contribution < -0.4 is 10.6 Å². The van der Waals surface area contributed by atoms with E-state index in [2.05, 4.69) is 0 Å². The maximum absolute atomic E-state index is 11.5. The van der Waals surface area contributed by atoms with E-state index in [1.165, 1.54) is 0 Å². The van der Waals surface area contributed by atoms with Crippen LogP contribution >= 0.6 is 0 Å². The van der Waals surface area contributed by atoms with Gasteiger partial charge in [0.25, 0.3) is 0 Å². The molecule has 0 aromatic heterocycles. The van der Waals surface area contributed by atoms with E-state index in [0.717, 1.165) is 5.69 Å². The summed E-state index contributed by atoms with van der Waals surface area (Å²) in [6, 6.07) is 7.14. The fourth-order valence-electron chi connectivity index (χ4n) is 2.21. The van der Waals surface area contributed by atoms with Crippen molar-refractivity contribution in [3.63, 3.8) is 0 Å². The molecule has 1 atom stereocenters. The molecule has 1 aliphatic rings. The molecule has 0 saturated carbocycles. The molecule has 1 aromatic rings. The number of anilines is 2. The van der Waals surface area contributed by atoms with E-state index in [4.69, 9.17) is 11.0 Å². The number of nitriles is 1. The molecule has 18 heavy (non-hydrogen) atoms. The number of nitrogens with zero attached hydrogens (tertiary/aromatic N) is 2. The minimum absolute atomic E-state index is 0.0731. The van der Waals surface area contributed by atoms with Gasteiger partial charge in [-0.1, -0.05) is 0 Å². The summed E-state index contributed by atoms with van der Waals surface area (Å²) in [5, 5.41) is 8.82. The Bertz CT molecular complexity index is 604. The SMILES string of the molecule is CC1CS(=O)(=O)CCN1c1ccc(C#N)c(N)c1. The molecule has 1 saturated heterocycles. The molecular formula is C12H15N3O2S. The minimum Gasteiger partial charge on any atom is -0.398 e. The Kier molecular flexibility index (Phi) is 3.18. The van der Waals surface area contributed by atoms with Gasteiger partial charge in [0.15, 0.2) is 9.84 Å². The summed E-state index contributed by atoms with van der Waals surface area (Å²) in [5.74, 6) is 0.324.